The Labute approximate surface area is 243 Å². The standard InChI is InChI=1S/C25H27BrN8O4S2/c1-30-21-20(22(35)31(2)25(30)36)34(15-16-3-5-17(26)6-4-16)23(29-21)32-11-13-33(14-12-32)24(39)28-18-7-9-19(10-8-18)40(27,37)38/h3-10H,11-15H2,1-2H3,(H,28,39)(H2,27,37,38). The van der Waals surface area contributed by atoms with Gasteiger partial charge in [-0.25, -0.2) is 18.4 Å². The minimum Gasteiger partial charge on any atom is -0.345 e. The van der Waals surface area contributed by atoms with Crippen molar-refractivity contribution >= 4 is 66.1 Å². The number of nitrogens with two attached hydrogens (primary N) is 1. The first kappa shape index (κ1) is 28.0. The van der Waals surface area contributed by atoms with E-state index < -0.39 is 21.3 Å². The van der Waals surface area contributed by atoms with Gasteiger partial charge in [0, 0.05) is 50.4 Å². The first-order valence-corrected chi connectivity index (χ1v) is 15.0. The molecule has 40 heavy (non-hydrogen) atoms. The van der Waals surface area contributed by atoms with Crippen molar-refractivity contribution in [3.05, 3.63) is 79.4 Å². The van der Waals surface area contributed by atoms with Crippen molar-refractivity contribution in [1.29, 1.82) is 0 Å². The minimum atomic E-state index is -3.77. The molecule has 5 rings (SSSR count). The van der Waals surface area contributed by atoms with Gasteiger partial charge in [-0.15, -0.1) is 0 Å². The van der Waals surface area contributed by atoms with Crippen LogP contribution in [0.2, 0.25) is 0 Å². The number of imidazole rings is 1. The Bertz CT molecular complexity index is 1820. The van der Waals surface area contributed by atoms with Crippen LogP contribution in [-0.4, -0.2) is 63.3 Å². The monoisotopic (exact) mass is 646 g/mol. The van der Waals surface area contributed by atoms with Crippen molar-refractivity contribution in [3.8, 4) is 0 Å². The molecule has 0 radical (unpaired) electrons. The summed E-state index contributed by atoms with van der Waals surface area (Å²) in [5, 5.41) is 8.81. The zero-order valence-corrected chi connectivity index (χ0v) is 25.0. The Morgan fingerprint density at radius 3 is 2.23 bits per heavy atom. The van der Waals surface area contributed by atoms with Gasteiger partial charge < -0.3 is 15.1 Å². The summed E-state index contributed by atoms with van der Waals surface area (Å²) >= 11 is 9.06. The third-order valence-electron chi connectivity index (χ3n) is 6.87. The van der Waals surface area contributed by atoms with Crippen molar-refractivity contribution in [2.24, 2.45) is 19.2 Å². The molecule has 0 atom stereocenters. The summed E-state index contributed by atoms with van der Waals surface area (Å²) in [6.07, 6.45) is 0. The topological polar surface area (TPSA) is 140 Å². The van der Waals surface area contributed by atoms with Gasteiger partial charge in [-0.2, -0.15) is 4.98 Å². The molecule has 3 N–H and O–H groups in total. The number of rotatable bonds is 5. The van der Waals surface area contributed by atoms with Crippen LogP contribution in [-0.2, 0) is 30.7 Å². The fraction of sp³-hybridized carbons (Fsp3) is 0.280. The summed E-state index contributed by atoms with van der Waals surface area (Å²) in [5.74, 6) is 0.605. The summed E-state index contributed by atoms with van der Waals surface area (Å²) in [4.78, 5) is 34.8. The van der Waals surface area contributed by atoms with Gasteiger partial charge in [-0.3, -0.25) is 18.5 Å². The average molecular weight is 648 g/mol. The summed E-state index contributed by atoms with van der Waals surface area (Å²) in [6, 6.07) is 13.9. The fourth-order valence-electron chi connectivity index (χ4n) is 4.64. The maximum absolute atomic E-state index is 13.2. The predicted octanol–water partition coefficient (Wildman–Crippen LogP) is 1.41. The summed E-state index contributed by atoms with van der Waals surface area (Å²) in [7, 11) is -0.691. The lowest BCUT2D eigenvalue weighted by atomic mass is 10.2. The number of thiocarbonyl (C=S) groups is 1. The number of aromatic nitrogens is 4. The largest absolute Gasteiger partial charge is 0.345 e. The second-order valence-electron chi connectivity index (χ2n) is 9.48. The van der Waals surface area contributed by atoms with Gasteiger partial charge in [0.05, 0.1) is 11.4 Å². The highest BCUT2D eigenvalue weighted by Crippen LogP contribution is 2.24. The molecule has 3 heterocycles. The zero-order valence-electron chi connectivity index (χ0n) is 21.7. The predicted molar refractivity (Wildman–Crippen MR) is 161 cm³/mol. The Balaban J connectivity index is 1.39. The van der Waals surface area contributed by atoms with E-state index >= 15 is 0 Å². The van der Waals surface area contributed by atoms with Crippen molar-refractivity contribution in [3.63, 3.8) is 0 Å². The molecule has 0 saturated carbocycles. The first-order chi connectivity index (χ1) is 18.9. The molecule has 1 aliphatic rings. The second kappa shape index (κ2) is 10.8. The number of sulfonamides is 1. The molecule has 1 saturated heterocycles. The van der Waals surface area contributed by atoms with Gasteiger partial charge in [0.2, 0.25) is 16.0 Å². The van der Waals surface area contributed by atoms with E-state index in [4.69, 9.17) is 22.3 Å². The highest BCUT2D eigenvalue weighted by atomic mass is 79.9. The highest BCUT2D eigenvalue weighted by Gasteiger charge is 2.26. The third kappa shape index (κ3) is 5.41. The van der Waals surface area contributed by atoms with Crippen molar-refractivity contribution < 1.29 is 8.42 Å². The molecule has 2 aromatic carbocycles. The van der Waals surface area contributed by atoms with Crippen LogP contribution in [0.4, 0.5) is 11.6 Å². The van der Waals surface area contributed by atoms with Crippen LogP contribution in [0.5, 0.6) is 0 Å². The zero-order chi connectivity index (χ0) is 28.8. The number of anilines is 2. The van der Waals surface area contributed by atoms with E-state index in [-0.39, 0.29) is 4.90 Å². The fourth-order valence-corrected chi connectivity index (χ4v) is 5.72. The molecule has 0 aliphatic carbocycles. The number of nitrogens with one attached hydrogen (secondary N) is 1. The average Bonchev–Trinajstić information content (AvgIpc) is 3.31. The molecule has 0 amide bonds. The lowest BCUT2D eigenvalue weighted by molar-refractivity contribution is 0.386. The van der Waals surface area contributed by atoms with E-state index in [9.17, 15) is 18.0 Å². The summed E-state index contributed by atoms with van der Waals surface area (Å²) in [5.41, 5.74) is 1.50. The second-order valence-corrected chi connectivity index (χ2v) is 12.3. The number of aryl methyl sites for hydroxylation is 1. The van der Waals surface area contributed by atoms with Gasteiger partial charge in [-0.05, 0) is 54.2 Å². The van der Waals surface area contributed by atoms with E-state index in [1.165, 1.54) is 23.7 Å². The van der Waals surface area contributed by atoms with Gasteiger partial charge in [0.1, 0.15) is 0 Å². The molecule has 0 unspecified atom stereocenters. The number of fused-ring (bicyclic) bond motifs is 1. The normalized spacial score (nSPS) is 14.1. The molecule has 12 nitrogen and oxygen atoms in total. The molecule has 1 fully saturated rings. The summed E-state index contributed by atoms with van der Waals surface area (Å²) in [6.45, 7) is 2.72. The van der Waals surface area contributed by atoms with E-state index in [1.807, 2.05) is 33.7 Å². The molecule has 2 aromatic heterocycles. The maximum Gasteiger partial charge on any atom is 0.332 e. The Morgan fingerprint density at radius 2 is 1.62 bits per heavy atom. The van der Waals surface area contributed by atoms with Gasteiger partial charge >= 0.3 is 5.69 Å². The number of halogens is 1. The van der Waals surface area contributed by atoms with Crippen LogP contribution in [0.3, 0.4) is 0 Å². The van der Waals surface area contributed by atoms with Gasteiger partial charge in [0.15, 0.2) is 16.3 Å². The van der Waals surface area contributed by atoms with E-state index in [0.29, 0.717) is 60.6 Å². The quantitative estimate of drug-likeness (QED) is 0.308. The maximum atomic E-state index is 13.2. The molecule has 0 spiro atoms. The number of primary sulfonamides is 1. The SMILES string of the molecule is Cn1c(=O)c2c(nc(N3CCN(C(=S)Nc4ccc(S(N)(=O)=O)cc4)CC3)n2Cc2ccc(Br)cc2)n(C)c1=O. The highest BCUT2D eigenvalue weighted by molar-refractivity contribution is 9.10. The molecule has 4 aromatic rings. The van der Waals surface area contributed by atoms with E-state index in [0.717, 1.165) is 14.6 Å². The number of piperazine rings is 1. The molecular formula is C25H27BrN8O4S2. The molecular weight excluding hydrogens is 620 g/mol. The van der Waals surface area contributed by atoms with Crippen LogP contribution in [0.25, 0.3) is 11.2 Å². The number of hydrogen-bond donors (Lipinski definition) is 2. The lowest BCUT2D eigenvalue weighted by Crippen LogP contribution is -2.50. The number of nitrogens with zero attached hydrogens (tertiary/aromatic N) is 6. The van der Waals surface area contributed by atoms with Crippen molar-refractivity contribution in [2.75, 3.05) is 36.4 Å². The van der Waals surface area contributed by atoms with Crippen LogP contribution < -0.4 is 26.6 Å². The molecule has 1 aliphatic heterocycles. The van der Waals surface area contributed by atoms with Crippen LogP contribution in [0.15, 0.2) is 67.5 Å². The van der Waals surface area contributed by atoms with Crippen LogP contribution in [0, 0.1) is 0 Å². The Kier molecular flexibility index (Phi) is 7.56. The minimum absolute atomic E-state index is 0.0240. The Morgan fingerprint density at radius 1 is 1.00 bits per heavy atom. The number of benzene rings is 2. The Hall–Kier alpha value is -3.53. The van der Waals surface area contributed by atoms with Crippen molar-refractivity contribution in [2.45, 2.75) is 11.4 Å². The third-order valence-corrected chi connectivity index (χ3v) is 8.68. The smallest absolute Gasteiger partial charge is 0.332 e. The van der Waals surface area contributed by atoms with Crippen LogP contribution in [0.1, 0.15) is 5.56 Å². The molecule has 210 valence electrons. The first-order valence-electron chi connectivity index (χ1n) is 12.3. The van der Waals surface area contributed by atoms with Crippen molar-refractivity contribution in [1.82, 2.24) is 23.6 Å². The lowest BCUT2D eigenvalue weighted by Gasteiger charge is -2.36. The summed E-state index contributed by atoms with van der Waals surface area (Å²) < 4.78 is 28.3. The van der Waals surface area contributed by atoms with Crippen LogP contribution >= 0.6 is 28.1 Å². The molecule has 0 bridgehead atoms. The molecule has 15 heteroatoms. The van der Waals surface area contributed by atoms with Gasteiger partial charge in [0.25, 0.3) is 5.56 Å². The van der Waals surface area contributed by atoms with E-state index in [1.54, 1.807) is 19.2 Å². The van der Waals surface area contributed by atoms with Gasteiger partial charge in [-0.1, -0.05) is 28.1 Å². The number of hydrogen-bond acceptors (Lipinski definition) is 7. The van der Waals surface area contributed by atoms with E-state index in [2.05, 4.69) is 26.1 Å².